The van der Waals surface area contributed by atoms with Crippen LogP contribution in [0.5, 0.6) is 0 Å². The van der Waals surface area contributed by atoms with Crippen LogP contribution in [0.2, 0.25) is 0 Å². The second kappa shape index (κ2) is 10.4. The highest BCUT2D eigenvalue weighted by atomic mass is 127. The first-order valence-corrected chi connectivity index (χ1v) is 9.23. The fraction of sp³-hybridized carbons (Fsp3) is 0.273. The molecule has 0 aliphatic heterocycles. The molecule has 1 heterocycles. The van der Waals surface area contributed by atoms with Crippen molar-refractivity contribution in [1.29, 1.82) is 0 Å². The minimum Gasteiger partial charge on any atom is -0.384 e. The summed E-state index contributed by atoms with van der Waals surface area (Å²) in [5.41, 5.74) is 0.805. The van der Waals surface area contributed by atoms with E-state index in [1.807, 2.05) is 61.7 Å². The molecule has 1 unspecified atom stereocenters. The molecule has 1 aromatic heterocycles. The van der Waals surface area contributed by atoms with Crippen molar-refractivity contribution in [3.05, 3.63) is 78.1 Å². The number of aliphatic imine (C=N–C) groups is 1. The average molecular weight is 490 g/mol. The SMILES string of the molecule is CCNC(=NCc1nccc2ccccc12)NCC(C)(O)c1ccccc1.I. The molecule has 0 radical (unpaired) electrons. The lowest BCUT2D eigenvalue weighted by Crippen LogP contribution is -2.44. The van der Waals surface area contributed by atoms with Gasteiger partial charge in [-0.25, -0.2) is 4.99 Å². The molecule has 3 aromatic rings. The molecule has 5 nitrogen and oxygen atoms in total. The Bertz CT molecular complexity index is 907. The number of aliphatic hydroxyl groups is 1. The number of halogens is 1. The van der Waals surface area contributed by atoms with Crippen molar-refractivity contribution < 1.29 is 5.11 Å². The van der Waals surface area contributed by atoms with E-state index in [4.69, 9.17) is 0 Å². The molecule has 3 N–H and O–H groups in total. The van der Waals surface area contributed by atoms with E-state index in [0.29, 0.717) is 19.0 Å². The van der Waals surface area contributed by atoms with Crippen molar-refractivity contribution in [1.82, 2.24) is 15.6 Å². The van der Waals surface area contributed by atoms with Crippen LogP contribution in [0.15, 0.2) is 71.9 Å². The highest BCUT2D eigenvalue weighted by molar-refractivity contribution is 14.0. The third kappa shape index (κ3) is 5.65. The van der Waals surface area contributed by atoms with Crippen LogP contribution in [0.4, 0.5) is 0 Å². The zero-order valence-electron chi connectivity index (χ0n) is 16.2. The van der Waals surface area contributed by atoms with E-state index in [-0.39, 0.29) is 24.0 Å². The first-order chi connectivity index (χ1) is 13.1. The molecule has 1 atom stereocenters. The number of hydrogen-bond acceptors (Lipinski definition) is 3. The van der Waals surface area contributed by atoms with Crippen molar-refractivity contribution in [3.8, 4) is 0 Å². The lowest BCUT2D eigenvalue weighted by molar-refractivity contribution is 0.0617. The third-order valence-corrected chi connectivity index (χ3v) is 4.48. The van der Waals surface area contributed by atoms with E-state index in [0.717, 1.165) is 28.6 Å². The average Bonchev–Trinajstić information content (AvgIpc) is 2.71. The van der Waals surface area contributed by atoms with Crippen LogP contribution in [0.3, 0.4) is 0 Å². The van der Waals surface area contributed by atoms with Crippen LogP contribution >= 0.6 is 24.0 Å². The molecule has 0 aliphatic carbocycles. The van der Waals surface area contributed by atoms with Crippen LogP contribution in [0.25, 0.3) is 10.8 Å². The number of nitrogens with zero attached hydrogens (tertiary/aromatic N) is 2. The zero-order chi connectivity index (χ0) is 19.1. The zero-order valence-corrected chi connectivity index (χ0v) is 18.6. The molecule has 0 aliphatic rings. The fourth-order valence-corrected chi connectivity index (χ4v) is 2.96. The van der Waals surface area contributed by atoms with Crippen LogP contribution in [-0.2, 0) is 12.1 Å². The molecular weight excluding hydrogens is 463 g/mol. The number of fused-ring (bicyclic) bond motifs is 1. The number of hydrogen-bond donors (Lipinski definition) is 3. The molecule has 0 spiro atoms. The van der Waals surface area contributed by atoms with Gasteiger partial charge in [0, 0.05) is 18.1 Å². The number of aromatic nitrogens is 1. The van der Waals surface area contributed by atoms with Crippen molar-refractivity contribution in [3.63, 3.8) is 0 Å². The Labute approximate surface area is 183 Å². The first kappa shape index (κ1) is 22.1. The van der Waals surface area contributed by atoms with Crippen molar-refractivity contribution in [2.24, 2.45) is 4.99 Å². The van der Waals surface area contributed by atoms with Gasteiger partial charge < -0.3 is 15.7 Å². The second-order valence-corrected chi connectivity index (χ2v) is 6.67. The highest BCUT2D eigenvalue weighted by Gasteiger charge is 2.22. The summed E-state index contributed by atoms with van der Waals surface area (Å²) in [6, 6.07) is 19.8. The van der Waals surface area contributed by atoms with Crippen LogP contribution in [0.1, 0.15) is 25.1 Å². The Kier molecular flexibility index (Phi) is 8.19. The van der Waals surface area contributed by atoms with Gasteiger partial charge in [-0.3, -0.25) is 4.98 Å². The number of nitrogens with one attached hydrogen (secondary N) is 2. The molecule has 6 heteroatoms. The lowest BCUT2D eigenvalue weighted by Gasteiger charge is -2.25. The van der Waals surface area contributed by atoms with Gasteiger partial charge in [0.1, 0.15) is 5.60 Å². The maximum Gasteiger partial charge on any atom is 0.191 e. The maximum atomic E-state index is 10.8. The van der Waals surface area contributed by atoms with Crippen molar-refractivity contribution >= 4 is 40.7 Å². The monoisotopic (exact) mass is 490 g/mol. The standard InChI is InChI=1S/C22H26N4O.HI/c1-3-23-21(26-16-22(2,27)18-10-5-4-6-11-18)25-15-20-19-12-8-7-9-17(19)13-14-24-20;/h4-14,27H,3,15-16H2,1-2H3,(H2,23,25,26);1H. The molecule has 0 saturated carbocycles. The summed E-state index contributed by atoms with van der Waals surface area (Å²) in [6.45, 7) is 5.37. The molecule has 28 heavy (non-hydrogen) atoms. The quantitative estimate of drug-likeness (QED) is 0.279. The summed E-state index contributed by atoms with van der Waals surface area (Å²) < 4.78 is 0. The first-order valence-electron chi connectivity index (χ1n) is 9.23. The van der Waals surface area contributed by atoms with Crippen molar-refractivity contribution in [2.75, 3.05) is 13.1 Å². The minimum absolute atomic E-state index is 0. The molecular formula is C22H27IN4O. The predicted molar refractivity (Wildman–Crippen MR) is 126 cm³/mol. The van der Waals surface area contributed by atoms with Crippen LogP contribution in [-0.4, -0.2) is 29.1 Å². The fourth-order valence-electron chi connectivity index (χ4n) is 2.96. The highest BCUT2D eigenvalue weighted by Crippen LogP contribution is 2.19. The van der Waals surface area contributed by atoms with Crippen LogP contribution in [0, 0.1) is 0 Å². The Morgan fingerprint density at radius 2 is 1.75 bits per heavy atom. The summed E-state index contributed by atoms with van der Waals surface area (Å²) in [5, 5.41) is 19.5. The van der Waals surface area contributed by atoms with E-state index in [9.17, 15) is 5.11 Å². The van der Waals surface area contributed by atoms with E-state index in [2.05, 4.69) is 32.7 Å². The van der Waals surface area contributed by atoms with Crippen LogP contribution < -0.4 is 10.6 Å². The summed E-state index contributed by atoms with van der Waals surface area (Å²) in [4.78, 5) is 9.13. The summed E-state index contributed by atoms with van der Waals surface area (Å²) in [7, 11) is 0. The smallest absolute Gasteiger partial charge is 0.191 e. The molecule has 0 bridgehead atoms. The van der Waals surface area contributed by atoms with Gasteiger partial charge in [0.15, 0.2) is 5.96 Å². The van der Waals surface area contributed by atoms with Crippen molar-refractivity contribution in [2.45, 2.75) is 26.0 Å². The minimum atomic E-state index is -0.991. The van der Waals surface area contributed by atoms with E-state index in [1.54, 1.807) is 6.92 Å². The normalized spacial score (nSPS) is 13.5. The maximum absolute atomic E-state index is 10.8. The molecule has 0 saturated heterocycles. The lowest BCUT2D eigenvalue weighted by atomic mass is 9.96. The van der Waals surface area contributed by atoms with Gasteiger partial charge in [-0.1, -0.05) is 54.6 Å². The van der Waals surface area contributed by atoms with E-state index < -0.39 is 5.60 Å². The molecule has 148 valence electrons. The van der Waals surface area contributed by atoms with Gasteiger partial charge in [0.25, 0.3) is 0 Å². The van der Waals surface area contributed by atoms with Gasteiger partial charge in [-0.05, 0) is 30.9 Å². The Hall–Kier alpha value is -2.19. The largest absolute Gasteiger partial charge is 0.384 e. The molecule has 0 amide bonds. The Morgan fingerprint density at radius 3 is 2.50 bits per heavy atom. The molecule has 2 aromatic carbocycles. The summed E-state index contributed by atoms with van der Waals surface area (Å²) in [6.07, 6.45) is 1.81. The Morgan fingerprint density at radius 1 is 1.04 bits per heavy atom. The summed E-state index contributed by atoms with van der Waals surface area (Å²) >= 11 is 0. The second-order valence-electron chi connectivity index (χ2n) is 6.67. The Balaban J connectivity index is 0.00000280. The third-order valence-electron chi connectivity index (χ3n) is 4.48. The number of pyridine rings is 1. The van der Waals surface area contributed by atoms with E-state index in [1.165, 1.54) is 0 Å². The van der Waals surface area contributed by atoms with Gasteiger partial charge in [0.05, 0.1) is 18.8 Å². The van der Waals surface area contributed by atoms with Gasteiger partial charge in [-0.2, -0.15) is 0 Å². The number of benzene rings is 2. The van der Waals surface area contributed by atoms with Gasteiger partial charge in [-0.15, -0.1) is 24.0 Å². The topological polar surface area (TPSA) is 69.5 Å². The number of guanidine groups is 1. The van der Waals surface area contributed by atoms with E-state index >= 15 is 0 Å². The predicted octanol–water partition coefficient (Wildman–Crippen LogP) is 3.82. The number of rotatable bonds is 6. The van der Waals surface area contributed by atoms with Gasteiger partial charge in [0.2, 0.25) is 0 Å². The van der Waals surface area contributed by atoms with Gasteiger partial charge >= 0.3 is 0 Å². The molecule has 0 fully saturated rings. The molecule has 3 rings (SSSR count). The summed E-state index contributed by atoms with van der Waals surface area (Å²) in [5.74, 6) is 0.656.